The van der Waals surface area contributed by atoms with Crippen molar-refractivity contribution >= 4 is 27.5 Å². The minimum Gasteiger partial charge on any atom is -0.284 e. The highest BCUT2D eigenvalue weighted by Crippen LogP contribution is 2.21. The van der Waals surface area contributed by atoms with Crippen LogP contribution in [-0.2, 0) is 14.8 Å². The second-order valence-corrected chi connectivity index (χ2v) is 4.82. The number of hydrogen-bond donors (Lipinski definition) is 1. The molecule has 0 fully saturated rings. The minimum absolute atomic E-state index is 0.446. The summed E-state index contributed by atoms with van der Waals surface area (Å²) in [5.74, 6) is 0. The molecular weight excluding hydrogens is 216 g/mol. The zero-order valence-electron chi connectivity index (χ0n) is 8.31. The Labute approximate surface area is 87.9 Å². The fourth-order valence-electron chi connectivity index (χ4n) is 1.08. The quantitative estimate of drug-likeness (QED) is 0.624. The van der Waals surface area contributed by atoms with Gasteiger partial charge in [-0.05, 0) is 30.7 Å². The maximum atomic E-state index is 11.0. The molecule has 0 radical (unpaired) electrons. The van der Waals surface area contributed by atoms with Crippen LogP contribution >= 0.6 is 0 Å². The molecule has 1 aromatic carbocycles. The molecule has 0 saturated carbocycles. The normalized spacial score (nSPS) is 10.5. The average Bonchev–Trinajstić information content (AvgIpc) is 2.08. The molecule has 0 saturated heterocycles. The van der Waals surface area contributed by atoms with E-state index < -0.39 is 10.0 Å². The van der Waals surface area contributed by atoms with Gasteiger partial charge in [-0.3, -0.25) is 4.72 Å². The molecule has 1 rings (SSSR count). The van der Waals surface area contributed by atoms with E-state index in [1.54, 1.807) is 19.1 Å². The fourth-order valence-corrected chi connectivity index (χ4v) is 1.71. The summed E-state index contributed by atoms with van der Waals surface area (Å²) >= 11 is 0. The van der Waals surface area contributed by atoms with Crippen LogP contribution < -0.4 is 4.72 Å². The molecule has 1 N–H and O–H groups in total. The van der Waals surface area contributed by atoms with Gasteiger partial charge in [-0.2, -0.15) is 4.99 Å². The van der Waals surface area contributed by atoms with E-state index in [4.69, 9.17) is 0 Å². The summed E-state index contributed by atoms with van der Waals surface area (Å²) in [6.45, 7) is 1.72. The van der Waals surface area contributed by atoms with Gasteiger partial charge in [-0.15, -0.1) is 0 Å². The van der Waals surface area contributed by atoms with Gasteiger partial charge >= 0.3 is 0 Å². The first-order valence-electron chi connectivity index (χ1n) is 4.09. The van der Waals surface area contributed by atoms with Crippen LogP contribution in [0.5, 0.6) is 0 Å². The van der Waals surface area contributed by atoms with Crippen molar-refractivity contribution in [1.82, 2.24) is 0 Å². The van der Waals surface area contributed by atoms with Gasteiger partial charge in [-0.1, -0.05) is 0 Å². The van der Waals surface area contributed by atoms with Crippen LogP contribution in [0, 0.1) is 6.92 Å². The Hall–Kier alpha value is -1.65. The highest BCUT2D eigenvalue weighted by molar-refractivity contribution is 7.92. The molecule has 5 nitrogen and oxygen atoms in total. The summed E-state index contributed by atoms with van der Waals surface area (Å²) in [6.07, 6.45) is 2.49. The van der Waals surface area contributed by atoms with E-state index in [9.17, 15) is 13.2 Å². The van der Waals surface area contributed by atoms with Crippen molar-refractivity contribution in [3.63, 3.8) is 0 Å². The SMILES string of the molecule is Cc1cc(N=C=O)ccc1NS(C)(=O)=O. The molecule has 0 bridgehead atoms. The molecule has 6 heteroatoms. The first-order chi connectivity index (χ1) is 6.92. The Bertz CT molecular complexity index is 516. The van der Waals surface area contributed by atoms with Gasteiger partial charge in [0, 0.05) is 0 Å². The maximum absolute atomic E-state index is 11.0. The van der Waals surface area contributed by atoms with Crippen LogP contribution in [-0.4, -0.2) is 20.8 Å². The standard InChI is InChI=1S/C9H10N2O3S/c1-7-5-8(10-6-12)3-4-9(7)11-15(2,13)14/h3-5,11H,1-2H3. The number of benzene rings is 1. The lowest BCUT2D eigenvalue weighted by Crippen LogP contribution is -2.10. The molecule has 0 atom stereocenters. The molecule has 0 aliphatic heterocycles. The summed E-state index contributed by atoms with van der Waals surface area (Å²) in [5.41, 5.74) is 1.61. The topological polar surface area (TPSA) is 75.6 Å². The number of anilines is 1. The third-order valence-electron chi connectivity index (χ3n) is 1.68. The molecular formula is C9H10N2O3S. The lowest BCUT2D eigenvalue weighted by Gasteiger charge is -2.07. The molecule has 0 aliphatic rings. The van der Waals surface area contributed by atoms with Gasteiger partial charge in [0.05, 0.1) is 17.6 Å². The first-order valence-corrected chi connectivity index (χ1v) is 5.98. The van der Waals surface area contributed by atoms with E-state index in [-0.39, 0.29) is 0 Å². The Morgan fingerprint density at radius 2 is 2.07 bits per heavy atom. The van der Waals surface area contributed by atoms with Crippen LogP contribution in [0.25, 0.3) is 0 Å². The Morgan fingerprint density at radius 3 is 2.53 bits per heavy atom. The Kier molecular flexibility index (Phi) is 3.24. The first kappa shape index (κ1) is 11.4. The number of nitrogens with one attached hydrogen (secondary N) is 1. The molecule has 0 amide bonds. The highest BCUT2D eigenvalue weighted by atomic mass is 32.2. The van der Waals surface area contributed by atoms with Gasteiger partial charge in [-0.25, -0.2) is 13.2 Å². The second-order valence-electron chi connectivity index (χ2n) is 3.08. The highest BCUT2D eigenvalue weighted by Gasteiger charge is 2.04. The predicted molar refractivity (Wildman–Crippen MR) is 57.4 cm³/mol. The molecule has 1 aromatic rings. The van der Waals surface area contributed by atoms with Crippen molar-refractivity contribution in [3.05, 3.63) is 23.8 Å². The summed E-state index contributed by atoms with van der Waals surface area (Å²) in [6, 6.07) is 4.68. The Morgan fingerprint density at radius 1 is 1.40 bits per heavy atom. The van der Waals surface area contributed by atoms with Gasteiger partial charge in [0.15, 0.2) is 0 Å². The van der Waals surface area contributed by atoms with Crippen molar-refractivity contribution in [3.8, 4) is 0 Å². The van der Waals surface area contributed by atoms with E-state index in [0.29, 0.717) is 16.9 Å². The molecule has 0 spiro atoms. The van der Waals surface area contributed by atoms with Crippen molar-refractivity contribution in [2.24, 2.45) is 4.99 Å². The van der Waals surface area contributed by atoms with Crippen LogP contribution in [0.3, 0.4) is 0 Å². The van der Waals surface area contributed by atoms with Crippen molar-refractivity contribution in [1.29, 1.82) is 0 Å². The van der Waals surface area contributed by atoms with Crippen LogP contribution in [0.4, 0.5) is 11.4 Å². The number of aliphatic imine (C=N–C) groups is 1. The number of hydrogen-bond acceptors (Lipinski definition) is 4. The molecule has 80 valence electrons. The summed E-state index contributed by atoms with van der Waals surface area (Å²) in [5, 5.41) is 0. The zero-order chi connectivity index (χ0) is 11.5. The third kappa shape index (κ3) is 3.53. The van der Waals surface area contributed by atoms with Crippen molar-refractivity contribution in [2.45, 2.75) is 6.92 Å². The largest absolute Gasteiger partial charge is 0.284 e. The molecule has 0 aliphatic carbocycles. The van der Waals surface area contributed by atoms with Crippen molar-refractivity contribution in [2.75, 3.05) is 11.0 Å². The van der Waals surface area contributed by atoms with E-state index >= 15 is 0 Å². The van der Waals surface area contributed by atoms with E-state index in [2.05, 4.69) is 9.71 Å². The number of carbonyl (C=O) groups excluding carboxylic acids is 1. The fraction of sp³-hybridized carbons (Fsp3) is 0.222. The van der Waals surface area contributed by atoms with Gasteiger partial charge < -0.3 is 0 Å². The smallest absolute Gasteiger partial charge is 0.240 e. The minimum atomic E-state index is -3.28. The zero-order valence-corrected chi connectivity index (χ0v) is 9.13. The number of aryl methyl sites for hydroxylation is 1. The Balaban J connectivity index is 3.08. The van der Waals surface area contributed by atoms with E-state index in [0.717, 1.165) is 6.26 Å². The monoisotopic (exact) mass is 226 g/mol. The lowest BCUT2D eigenvalue weighted by molar-refractivity contribution is 0.565. The lowest BCUT2D eigenvalue weighted by atomic mass is 10.2. The molecule has 15 heavy (non-hydrogen) atoms. The van der Waals surface area contributed by atoms with Gasteiger partial charge in [0.2, 0.25) is 16.1 Å². The summed E-state index contributed by atoms with van der Waals surface area (Å²) in [7, 11) is -3.28. The third-order valence-corrected chi connectivity index (χ3v) is 2.27. The van der Waals surface area contributed by atoms with Crippen LogP contribution in [0.15, 0.2) is 23.2 Å². The predicted octanol–water partition coefficient (Wildman–Crippen LogP) is 1.33. The summed E-state index contributed by atoms with van der Waals surface area (Å²) in [4.78, 5) is 13.4. The number of nitrogens with zero attached hydrogens (tertiary/aromatic N) is 1. The summed E-state index contributed by atoms with van der Waals surface area (Å²) < 4.78 is 24.3. The number of rotatable bonds is 3. The van der Waals surface area contributed by atoms with E-state index in [1.807, 2.05) is 0 Å². The van der Waals surface area contributed by atoms with Gasteiger partial charge in [0.25, 0.3) is 0 Å². The molecule has 0 unspecified atom stereocenters. The molecule has 0 aromatic heterocycles. The number of sulfonamides is 1. The van der Waals surface area contributed by atoms with E-state index in [1.165, 1.54) is 12.1 Å². The second kappa shape index (κ2) is 4.25. The van der Waals surface area contributed by atoms with Crippen LogP contribution in [0.1, 0.15) is 5.56 Å². The average molecular weight is 226 g/mol. The van der Waals surface area contributed by atoms with Gasteiger partial charge in [0.1, 0.15) is 0 Å². The van der Waals surface area contributed by atoms with Crippen LogP contribution in [0.2, 0.25) is 0 Å². The molecule has 0 heterocycles. The maximum Gasteiger partial charge on any atom is 0.240 e. The number of isocyanates is 1. The van der Waals surface area contributed by atoms with Crippen molar-refractivity contribution < 1.29 is 13.2 Å².